The summed E-state index contributed by atoms with van der Waals surface area (Å²) >= 11 is 1.50. The van der Waals surface area contributed by atoms with E-state index in [1.54, 1.807) is 31.1 Å². The second-order valence-corrected chi connectivity index (χ2v) is 5.70. The second kappa shape index (κ2) is 7.04. The number of carbonyl (C=O) groups is 2. The second-order valence-electron chi connectivity index (χ2n) is 4.92. The summed E-state index contributed by atoms with van der Waals surface area (Å²) in [5.74, 6) is -0.0732. The van der Waals surface area contributed by atoms with Crippen molar-refractivity contribution in [3.05, 3.63) is 57.8 Å². The molecular formula is C16H18N2O2S. The van der Waals surface area contributed by atoms with Gasteiger partial charge in [-0.1, -0.05) is 12.1 Å². The molecule has 0 radical (unpaired) electrons. The molecule has 0 unspecified atom stereocenters. The number of nitrogens with zero attached hydrogens (tertiary/aromatic N) is 1. The Morgan fingerprint density at radius 3 is 2.67 bits per heavy atom. The van der Waals surface area contributed by atoms with Gasteiger partial charge in [0.2, 0.25) is 0 Å². The molecule has 4 nitrogen and oxygen atoms in total. The van der Waals surface area contributed by atoms with Gasteiger partial charge in [-0.05, 0) is 35.6 Å². The number of benzene rings is 1. The third-order valence-corrected chi connectivity index (χ3v) is 3.75. The highest BCUT2D eigenvalue weighted by molar-refractivity contribution is 7.08. The van der Waals surface area contributed by atoms with Crippen molar-refractivity contribution >= 4 is 23.2 Å². The van der Waals surface area contributed by atoms with Crippen LogP contribution in [0, 0.1) is 0 Å². The maximum atomic E-state index is 11.9. The number of rotatable bonds is 5. The van der Waals surface area contributed by atoms with Crippen molar-refractivity contribution in [1.82, 2.24) is 10.2 Å². The van der Waals surface area contributed by atoms with Gasteiger partial charge >= 0.3 is 0 Å². The fraction of sp³-hybridized carbons (Fsp3) is 0.250. The molecule has 0 bridgehead atoms. The van der Waals surface area contributed by atoms with Gasteiger partial charge in [-0.2, -0.15) is 11.3 Å². The van der Waals surface area contributed by atoms with Gasteiger partial charge in [0.05, 0.1) is 0 Å². The standard InChI is InChI=1S/C16H18N2O2S/c1-18(2)16(20)13-5-3-4-12(10-13)6-8-17-15(19)14-7-9-21-11-14/h3-5,7,9-11H,6,8H2,1-2H3,(H,17,19). The molecule has 1 aromatic heterocycles. The van der Waals surface area contributed by atoms with Gasteiger partial charge in [-0.25, -0.2) is 0 Å². The molecule has 2 rings (SSSR count). The Balaban J connectivity index is 1.90. The minimum Gasteiger partial charge on any atom is -0.352 e. The summed E-state index contributed by atoms with van der Waals surface area (Å²) in [5, 5.41) is 6.58. The summed E-state index contributed by atoms with van der Waals surface area (Å²) < 4.78 is 0. The Bertz CT molecular complexity index is 621. The summed E-state index contributed by atoms with van der Waals surface area (Å²) in [4.78, 5) is 25.2. The number of carbonyl (C=O) groups excluding carboxylic acids is 2. The van der Waals surface area contributed by atoms with Crippen LogP contribution < -0.4 is 5.32 Å². The van der Waals surface area contributed by atoms with Crippen molar-refractivity contribution in [3.63, 3.8) is 0 Å². The number of amides is 2. The summed E-state index contributed by atoms with van der Waals surface area (Å²) in [6.07, 6.45) is 0.699. The van der Waals surface area contributed by atoms with Gasteiger partial charge in [-0.15, -0.1) is 0 Å². The van der Waals surface area contributed by atoms with E-state index in [-0.39, 0.29) is 11.8 Å². The number of hydrogen-bond donors (Lipinski definition) is 1. The van der Waals surface area contributed by atoms with E-state index in [0.29, 0.717) is 24.1 Å². The van der Waals surface area contributed by atoms with Crippen LogP contribution in [0.1, 0.15) is 26.3 Å². The number of thiophene rings is 1. The van der Waals surface area contributed by atoms with Gasteiger partial charge in [0, 0.05) is 37.1 Å². The van der Waals surface area contributed by atoms with Crippen LogP contribution >= 0.6 is 11.3 Å². The number of hydrogen-bond acceptors (Lipinski definition) is 3. The van der Waals surface area contributed by atoms with Gasteiger partial charge in [0.1, 0.15) is 0 Å². The zero-order valence-electron chi connectivity index (χ0n) is 12.1. The van der Waals surface area contributed by atoms with Crippen molar-refractivity contribution < 1.29 is 9.59 Å². The smallest absolute Gasteiger partial charge is 0.253 e. The largest absolute Gasteiger partial charge is 0.352 e. The average Bonchev–Trinajstić information content (AvgIpc) is 3.01. The topological polar surface area (TPSA) is 49.4 Å². The van der Waals surface area contributed by atoms with Crippen LogP contribution in [0.25, 0.3) is 0 Å². The lowest BCUT2D eigenvalue weighted by Crippen LogP contribution is -2.25. The molecule has 5 heteroatoms. The quantitative estimate of drug-likeness (QED) is 0.922. The van der Waals surface area contributed by atoms with Crippen molar-refractivity contribution in [3.8, 4) is 0 Å². The molecule has 1 aromatic carbocycles. The zero-order valence-corrected chi connectivity index (χ0v) is 12.9. The van der Waals surface area contributed by atoms with E-state index in [1.807, 2.05) is 29.0 Å². The summed E-state index contributed by atoms with van der Waals surface area (Å²) in [6, 6.07) is 9.31. The molecule has 0 aliphatic heterocycles. The van der Waals surface area contributed by atoms with Gasteiger partial charge in [-0.3, -0.25) is 9.59 Å². The Labute approximate surface area is 128 Å². The maximum absolute atomic E-state index is 11.9. The molecule has 2 aromatic rings. The van der Waals surface area contributed by atoms with Crippen LogP contribution in [0.2, 0.25) is 0 Å². The Kier molecular flexibility index (Phi) is 5.11. The van der Waals surface area contributed by atoms with Crippen LogP contribution in [0.15, 0.2) is 41.1 Å². The molecule has 0 atom stereocenters. The van der Waals surface area contributed by atoms with Crippen LogP contribution in [0.4, 0.5) is 0 Å². The van der Waals surface area contributed by atoms with E-state index in [4.69, 9.17) is 0 Å². The lowest BCUT2D eigenvalue weighted by molar-refractivity contribution is 0.0827. The van der Waals surface area contributed by atoms with E-state index < -0.39 is 0 Å². The van der Waals surface area contributed by atoms with E-state index in [9.17, 15) is 9.59 Å². The predicted molar refractivity (Wildman–Crippen MR) is 84.8 cm³/mol. The molecule has 0 saturated carbocycles. The molecule has 21 heavy (non-hydrogen) atoms. The molecule has 0 saturated heterocycles. The van der Waals surface area contributed by atoms with Crippen LogP contribution in [0.3, 0.4) is 0 Å². The third kappa shape index (κ3) is 4.16. The molecule has 1 N–H and O–H groups in total. The zero-order chi connectivity index (χ0) is 15.2. The van der Waals surface area contributed by atoms with E-state index in [2.05, 4.69) is 5.32 Å². The first-order chi connectivity index (χ1) is 10.1. The van der Waals surface area contributed by atoms with Gasteiger partial charge < -0.3 is 10.2 Å². The first kappa shape index (κ1) is 15.3. The van der Waals surface area contributed by atoms with Crippen molar-refractivity contribution in [1.29, 1.82) is 0 Å². The molecular weight excluding hydrogens is 284 g/mol. The Morgan fingerprint density at radius 1 is 1.19 bits per heavy atom. The minimum absolute atomic E-state index is 0.0147. The monoisotopic (exact) mass is 302 g/mol. The molecule has 2 amide bonds. The van der Waals surface area contributed by atoms with Crippen LogP contribution in [-0.2, 0) is 6.42 Å². The van der Waals surface area contributed by atoms with Crippen molar-refractivity contribution in [2.45, 2.75) is 6.42 Å². The highest BCUT2D eigenvalue weighted by atomic mass is 32.1. The van der Waals surface area contributed by atoms with Gasteiger partial charge in [0.25, 0.3) is 11.8 Å². The fourth-order valence-electron chi connectivity index (χ4n) is 1.93. The van der Waals surface area contributed by atoms with Crippen molar-refractivity contribution in [2.75, 3.05) is 20.6 Å². The summed E-state index contributed by atoms with van der Waals surface area (Å²) in [6.45, 7) is 0.550. The van der Waals surface area contributed by atoms with Crippen LogP contribution in [0.5, 0.6) is 0 Å². The summed E-state index contributed by atoms with van der Waals surface area (Å²) in [7, 11) is 3.46. The van der Waals surface area contributed by atoms with Crippen LogP contribution in [-0.4, -0.2) is 37.4 Å². The molecule has 0 aliphatic carbocycles. The predicted octanol–water partition coefficient (Wildman–Crippen LogP) is 2.42. The van der Waals surface area contributed by atoms with E-state index in [0.717, 1.165) is 5.56 Å². The summed E-state index contributed by atoms with van der Waals surface area (Å²) in [5.41, 5.74) is 2.39. The maximum Gasteiger partial charge on any atom is 0.253 e. The average molecular weight is 302 g/mol. The lowest BCUT2D eigenvalue weighted by Gasteiger charge is -2.11. The van der Waals surface area contributed by atoms with Gasteiger partial charge in [0.15, 0.2) is 0 Å². The SMILES string of the molecule is CN(C)C(=O)c1cccc(CCNC(=O)c2ccsc2)c1. The number of nitrogens with one attached hydrogen (secondary N) is 1. The van der Waals surface area contributed by atoms with E-state index >= 15 is 0 Å². The highest BCUT2D eigenvalue weighted by Crippen LogP contribution is 2.08. The molecule has 1 heterocycles. The normalized spacial score (nSPS) is 10.2. The minimum atomic E-state index is -0.0585. The Hall–Kier alpha value is -2.14. The molecule has 0 fully saturated rings. The molecule has 110 valence electrons. The molecule has 0 aliphatic rings. The van der Waals surface area contributed by atoms with Crippen molar-refractivity contribution in [2.24, 2.45) is 0 Å². The lowest BCUT2D eigenvalue weighted by atomic mass is 10.1. The Morgan fingerprint density at radius 2 is 2.00 bits per heavy atom. The first-order valence-corrected chi connectivity index (χ1v) is 7.63. The third-order valence-electron chi connectivity index (χ3n) is 3.06. The first-order valence-electron chi connectivity index (χ1n) is 6.69. The molecule has 0 spiro atoms. The highest BCUT2D eigenvalue weighted by Gasteiger charge is 2.08. The fourth-order valence-corrected chi connectivity index (χ4v) is 2.57. The van der Waals surface area contributed by atoms with E-state index in [1.165, 1.54) is 11.3 Å².